The van der Waals surface area contributed by atoms with Gasteiger partial charge in [0.2, 0.25) is 0 Å². The maximum absolute atomic E-state index is 12.9. The average molecular weight is 216 g/mol. The fraction of sp³-hybridized carbons (Fsp3) is 0.455. The highest BCUT2D eigenvalue weighted by Gasteiger charge is 2.10. The molecule has 0 saturated carbocycles. The van der Waals surface area contributed by atoms with Gasteiger partial charge in [0.15, 0.2) is 0 Å². The summed E-state index contributed by atoms with van der Waals surface area (Å²) in [6.07, 6.45) is 1.56. The molecule has 0 saturated heterocycles. The van der Waals surface area contributed by atoms with Gasteiger partial charge in [0.25, 0.3) is 0 Å². The average Bonchev–Trinajstić information content (AvgIpc) is 1.97. The summed E-state index contributed by atoms with van der Waals surface area (Å²) in [6.45, 7) is 3.90. The molecular weight excluding hydrogens is 201 g/mol. The predicted octanol–water partition coefficient (Wildman–Crippen LogP) is 3.15. The number of halogens is 2. The van der Waals surface area contributed by atoms with Gasteiger partial charge in [-0.05, 0) is 50.5 Å². The Hall–Kier alpha value is -0.600. The maximum Gasteiger partial charge on any atom is 0.124 e. The minimum absolute atomic E-state index is 0.223. The van der Waals surface area contributed by atoms with Crippen LogP contribution in [0.5, 0.6) is 0 Å². The van der Waals surface area contributed by atoms with Crippen molar-refractivity contribution in [2.24, 2.45) is 5.73 Å². The zero-order valence-electron chi connectivity index (χ0n) is 8.48. The van der Waals surface area contributed by atoms with Crippen LogP contribution in [0.3, 0.4) is 0 Å². The van der Waals surface area contributed by atoms with Gasteiger partial charge in [0.1, 0.15) is 5.82 Å². The second-order valence-corrected chi connectivity index (χ2v) is 4.70. The number of rotatable bonds is 3. The molecule has 1 nitrogen and oxygen atoms in total. The van der Waals surface area contributed by atoms with Crippen LogP contribution in [-0.2, 0) is 6.42 Å². The zero-order valence-corrected chi connectivity index (χ0v) is 9.24. The lowest BCUT2D eigenvalue weighted by Crippen LogP contribution is -2.32. The summed E-state index contributed by atoms with van der Waals surface area (Å²) in [5.41, 5.74) is 6.51. The molecule has 0 aliphatic rings. The summed E-state index contributed by atoms with van der Waals surface area (Å²) in [4.78, 5) is 0. The SMILES string of the molecule is CC(C)(N)CCc1cc(F)cc(Cl)c1. The molecule has 2 N–H and O–H groups in total. The molecule has 0 atom stereocenters. The predicted molar refractivity (Wildman–Crippen MR) is 58.0 cm³/mol. The zero-order chi connectivity index (χ0) is 10.8. The van der Waals surface area contributed by atoms with Gasteiger partial charge >= 0.3 is 0 Å². The number of hydrogen-bond acceptors (Lipinski definition) is 1. The van der Waals surface area contributed by atoms with Gasteiger partial charge in [-0.2, -0.15) is 0 Å². The largest absolute Gasteiger partial charge is 0.326 e. The van der Waals surface area contributed by atoms with E-state index in [9.17, 15) is 4.39 Å². The highest BCUT2D eigenvalue weighted by Crippen LogP contribution is 2.17. The van der Waals surface area contributed by atoms with E-state index in [1.807, 2.05) is 13.8 Å². The smallest absolute Gasteiger partial charge is 0.124 e. The first-order valence-corrected chi connectivity index (χ1v) is 4.98. The lowest BCUT2D eigenvalue weighted by atomic mass is 9.96. The fourth-order valence-electron chi connectivity index (χ4n) is 1.22. The van der Waals surface area contributed by atoms with Gasteiger partial charge in [-0.15, -0.1) is 0 Å². The quantitative estimate of drug-likeness (QED) is 0.824. The van der Waals surface area contributed by atoms with Gasteiger partial charge in [-0.1, -0.05) is 11.6 Å². The fourth-order valence-corrected chi connectivity index (χ4v) is 1.47. The molecule has 0 radical (unpaired) electrons. The van der Waals surface area contributed by atoms with Gasteiger partial charge in [0, 0.05) is 10.6 Å². The molecular formula is C11H15ClFN. The number of aryl methyl sites for hydroxylation is 1. The van der Waals surface area contributed by atoms with Crippen LogP contribution in [-0.4, -0.2) is 5.54 Å². The molecule has 78 valence electrons. The van der Waals surface area contributed by atoms with Crippen LogP contribution in [0.25, 0.3) is 0 Å². The van der Waals surface area contributed by atoms with E-state index in [1.54, 1.807) is 6.07 Å². The minimum atomic E-state index is -0.290. The van der Waals surface area contributed by atoms with E-state index in [2.05, 4.69) is 0 Å². The third kappa shape index (κ3) is 4.07. The Labute approximate surface area is 89.1 Å². The standard InChI is InChI=1S/C11H15ClFN/c1-11(2,14)4-3-8-5-9(12)7-10(13)6-8/h5-7H,3-4,14H2,1-2H3. The number of benzene rings is 1. The minimum Gasteiger partial charge on any atom is -0.326 e. The molecule has 0 aromatic heterocycles. The Kier molecular flexibility index (Phi) is 3.51. The van der Waals surface area contributed by atoms with Gasteiger partial charge < -0.3 is 5.73 Å². The van der Waals surface area contributed by atoms with Crippen LogP contribution >= 0.6 is 11.6 Å². The topological polar surface area (TPSA) is 26.0 Å². The van der Waals surface area contributed by atoms with Crippen molar-refractivity contribution in [3.8, 4) is 0 Å². The van der Waals surface area contributed by atoms with Crippen molar-refractivity contribution in [3.63, 3.8) is 0 Å². The van der Waals surface area contributed by atoms with Crippen molar-refractivity contribution in [2.45, 2.75) is 32.2 Å². The first-order valence-electron chi connectivity index (χ1n) is 4.61. The summed E-state index contributed by atoms with van der Waals surface area (Å²) in [7, 11) is 0. The normalized spacial score (nSPS) is 11.8. The van der Waals surface area contributed by atoms with E-state index in [1.165, 1.54) is 12.1 Å². The maximum atomic E-state index is 12.9. The molecule has 1 aromatic carbocycles. The lowest BCUT2D eigenvalue weighted by molar-refractivity contribution is 0.476. The van der Waals surface area contributed by atoms with E-state index in [-0.39, 0.29) is 11.4 Å². The second-order valence-electron chi connectivity index (χ2n) is 4.27. The van der Waals surface area contributed by atoms with Crippen molar-refractivity contribution in [1.29, 1.82) is 0 Å². The van der Waals surface area contributed by atoms with E-state index in [0.717, 1.165) is 18.4 Å². The molecule has 0 aliphatic heterocycles. The van der Waals surface area contributed by atoms with Crippen molar-refractivity contribution >= 4 is 11.6 Å². The molecule has 0 heterocycles. The third-order valence-electron chi connectivity index (χ3n) is 1.98. The lowest BCUT2D eigenvalue weighted by Gasteiger charge is -2.18. The molecule has 1 rings (SSSR count). The molecule has 0 unspecified atom stereocenters. The van der Waals surface area contributed by atoms with Crippen molar-refractivity contribution in [3.05, 3.63) is 34.6 Å². The Morgan fingerprint density at radius 1 is 1.36 bits per heavy atom. The highest BCUT2D eigenvalue weighted by molar-refractivity contribution is 6.30. The van der Waals surface area contributed by atoms with Gasteiger partial charge in [0.05, 0.1) is 0 Å². The molecule has 0 aliphatic carbocycles. The summed E-state index contributed by atoms with van der Waals surface area (Å²) in [5.74, 6) is -0.290. The summed E-state index contributed by atoms with van der Waals surface area (Å²) >= 11 is 5.73. The summed E-state index contributed by atoms with van der Waals surface area (Å²) in [5, 5.41) is 0.440. The Morgan fingerprint density at radius 2 is 2.00 bits per heavy atom. The van der Waals surface area contributed by atoms with Gasteiger partial charge in [-0.25, -0.2) is 4.39 Å². The molecule has 0 amide bonds. The molecule has 0 spiro atoms. The molecule has 14 heavy (non-hydrogen) atoms. The Morgan fingerprint density at radius 3 is 2.50 bits per heavy atom. The summed E-state index contributed by atoms with van der Waals surface area (Å²) in [6, 6.07) is 4.58. The van der Waals surface area contributed by atoms with E-state index in [4.69, 9.17) is 17.3 Å². The van der Waals surface area contributed by atoms with Crippen LogP contribution < -0.4 is 5.73 Å². The summed E-state index contributed by atoms with van der Waals surface area (Å²) < 4.78 is 12.9. The van der Waals surface area contributed by atoms with Crippen LogP contribution in [0.15, 0.2) is 18.2 Å². The van der Waals surface area contributed by atoms with Crippen molar-refractivity contribution in [2.75, 3.05) is 0 Å². The van der Waals surface area contributed by atoms with Crippen molar-refractivity contribution in [1.82, 2.24) is 0 Å². The van der Waals surface area contributed by atoms with Gasteiger partial charge in [-0.3, -0.25) is 0 Å². The number of nitrogens with two attached hydrogens (primary N) is 1. The monoisotopic (exact) mass is 215 g/mol. The molecule has 1 aromatic rings. The van der Waals surface area contributed by atoms with Crippen LogP contribution in [0.1, 0.15) is 25.8 Å². The van der Waals surface area contributed by atoms with E-state index in [0.29, 0.717) is 5.02 Å². The third-order valence-corrected chi connectivity index (χ3v) is 2.20. The highest BCUT2D eigenvalue weighted by atomic mass is 35.5. The van der Waals surface area contributed by atoms with E-state index >= 15 is 0 Å². The molecule has 0 fully saturated rings. The molecule has 3 heteroatoms. The second kappa shape index (κ2) is 4.28. The number of hydrogen-bond donors (Lipinski definition) is 1. The van der Waals surface area contributed by atoms with Crippen molar-refractivity contribution < 1.29 is 4.39 Å². The molecule has 0 bridgehead atoms. The Balaban J connectivity index is 2.68. The Bertz CT molecular complexity index is 297. The van der Waals surface area contributed by atoms with Crippen LogP contribution in [0, 0.1) is 5.82 Å². The first-order chi connectivity index (χ1) is 6.37. The van der Waals surface area contributed by atoms with Crippen LogP contribution in [0.4, 0.5) is 4.39 Å². The van der Waals surface area contributed by atoms with Crippen LogP contribution in [0.2, 0.25) is 5.02 Å². The van der Waals surface area contributed by atoms with E-state index < -0.39 is 0 Å². The first kappa shape index (κ1) is 11.5.